The van der Waals surface area contributed by atoms with Gasteiger partial charge in [-0.25, -0.2) is 4.79 Å². The number of rotatable bonds is 7. The average molecular weight is 378 g/mol. The van der Waals surface area contributed by atoms with Crippen molar-refractivity contribution in [1.29, 1.82) is 0 Å². The molecule has 2 rings (SSSR count). The van der Waals surface area contributed by atoms with Gasteiger partial charge in [-0.1, -0.05) is 12.1 Å². The summed E-state index contributed by atoms with van der Waals surface area (Å²) in [7, 11) is 0. The number of esters is 1. The molecule has 0 fully saturated rings. The van der Waals surface area contributed by atoms with Gasteiger partial charge in [0.05, 0.1) is 0 Å². The number of hydrogen-bond acceptors (Lipinski definition) is 6. The van der Waals surface area contributed by atoms with E-state index in [-0.39, 0.29) is 18.0 Å². The van der Waals surface area contributed by atoms with Crippen LogP contribution in [0, 0.1) is 0 Å². The molecule has 2 N–H and O–H groups in total. The molecule has 6 nitrogen and oxygen atoms in total. The zero-order valence-corrected chi connectivity index (χ0v) is 15.5. The molecule has 0 saturated carbocycles. The number of ether oxygens (including phenoxy) is 1. The van der Waals surface area contributed by atoms with Crippen molar-refractivity contribution >= 4 is 45.5 Å². The molecule has 0 aromatic carbocycles. The fraction of sp³-hybridized carbons (Fsp3) is 0.235. The minimum absolute atomic E-state index is 0.256. The summed E-state index contributed by atoms with van der Waals surface area (Å²) in [5.41, 5.74) is 0.929. The zero-order valence-electron chi connectivity index (χ0n) is 13.8. The highest BCUT2D eigenvalue weighted by Crippen LogP contribution is 2.38. The van der Waals surface area contributed by atoms with Gasteiger partial charge in [-0.05, 0) is 18.4 Å². The van der Waals surface area contributed by atoms with Gasteiger partial charge < -0.3 is 15.4 Å². The van der Waals surface area contributed by atoms with Crippen molar-refractivity contribution in [3.8, 4) is 10.4 Å². The molecule has 132 valence electrons. The van der Waals surface area contributed by atoms with Gasteiger partial charge in [0.25, 0.3) is 5.91 Å². The van der Waals surface area contributed by atoms with Gasteiger partial charge in [0.2, 0.25) is 5.91 Å². The Morgan fingerprint density at radius 2 is 2.12 bits per heavy atom. The van der Waals surface area contributed by atoms with Crippen LogP contribution in [0.25, 0.3) is 10.4 Å². The Kier molecular flexibility index (Phi) is 6.49. The van der Waals surface area contributed by atoms with Gasteiger partial charge in [-0.15, -0.1) is 29.3 Å². The fourth-order valence-corrected chi connectivity index (χ4v) is 3.83. The lowest BCUT2D eigenvalue weighted by Crippen LogP contribution is -2.36. The standard InChI is InChI=1S/C17H18N2O4S2/c1-4-7-18-15(21)10(2)23-17(22)14-12(13-6-5-8-24-13)9-25-16(14)19-11(3)20/h4-6,8-10H,1,7H2,2-3H3,(H,18,21)(H,19,20)/t10-/m1/s1. The van der Waals surface area contributed by atoms with Crippen molar-refractivity contribution in [1.82, 2.24) is 5.32 Å². The molecule has 25 heavy (non-hydrogen) atoms. The monoisotopic (exact) mass is 378 g/mol. The van der Waals surface area contributed by atoms with Gasteiger partial charge in [-0.2, -0.15) is 0 Å². The van der Waals surface area contributed by atoms with E-state index in [1.807, 2.05) is 17.5 Å². The van der Waals surface area contributed by atoms with Crippen LogP contribution in [0.4, 0.5) is 5.00 Å². The normalized spacial score (nSPS) is 11.4. The van der Waals surface area contributed by atoms with Crippen molar-refractivity contribution in [2.75, 3.05) is 11.9 Å². The summed E-state index contributed by atoms with van der Waals surface area (Å²) < 4.78 is 5.29. The molecule has 1 atom stereocenters. The SMILES string of the molecule is C=CCNC(=O)[C@@H](C)OC(=O)c1c(-c2cccs2)csc1NC(C)=O. The van der Waals surface area contributed by atoms with Crippen LogP contribution < -0.4 is 10.6 Å². The highest BCUT2D eigenvalue weighted by atomic mass is 32.1. The molecule has 0 radical (unpaired) electrons. The van der Waals surface area contributed by atoms with Crippen LogP contribution in [0.1, 0.15) is 24.2 Å². The lowest BCUT2D eigenvalue weighted by Gasteiger charge is -2.14. The number of carbonyl (C=O) groups excluding carboxylic acids is 3. The van der Waals surface area contributed by atoms with Crippen LogP contribution in [0.2, 0.25) is 0 Å². The molecule has 8 heteroatoms. The largest absolute Gasteiger partial charge is 0.449 e. The highest BCUT2D eigenvalue weighted by molar-refractivity contribution is 7.17. The van der Waals surface area contributed by atoms with Gasteiger partial charge in [0, 0.05) is 29.3 Å². The molecule has 0 bridgehead atoms. The Hall–Kier alpha value is -2.45. The molecular formula is C17H18N2O4S2. The number of nitrogens with one attached hydrogen (secondary N) is 2. The predicted molar refractivity (Wildman–Crippen MR) is 100 cm³/mol. The molecule has 2 aromatic heterocycles. The summed E-state index contributed by atoms with van der Waals surface area (Å²) in [6, 6.07) is 3.75. The van der Waals surface area contributed by atoms with E-state index >= 15 is 0 Å². The van der Waals surface area contributed by atoms with Gasteiger partial charge in [-0.3, -0.25) is 9.59 Å². The van der Waals surface area contributed by atoms with Crippen molar-refractivity contribution < 1.29 is 19.1 Å². The Morgan fingerprint density at radius 1 is 1.36 bits per heavy atom. The van der Waals surface area contributed by atoms with E-state index < -0.39 is 18.0 Å². The van der Waals surface area contributed by atoms with Crippen molar-refractivity contribution in [3.63, 3.8) is 0 Å². The first kappa shape index (κ1) is 18.9. The summed E-state index contributed by atoms with van der Waals surface area (Å²) in [6.07, 6.45) is 0.573. The first-order valence-corrected chi connectivity index (χ1v) is 9.22. The molecule has 0 unspecified atom stereocenters. The third-order valence-electron chi connectivity index (χ3n) is 3.15. The van der Waals surface area contributed by atoms with E-state index in [9.17, 15) is 14.4 Å². The van der Waals surface area contributed by atoms with Crippen LogP contribution >= 0.6 is 22.7 Å². The second kappa shape index (κ2) is 8.59. The smallest absolute Gasteiger partial charge is 0.342 e. The third-order valence-corrected chi connectivity index (χ3v) is 4.94. The second-order valence-electron chi connectivity index (χ2n) is 5.09. The summed E-state index contributed by atoms with van der Waals surface area (Å²) in [6.45, 7) is 6.66. The Labute approximate surface area is 153 Å². The molecule has 0 aliphatic heterocycles. The zero-order chi connectivity index (χ0) is 18.4. The van der Waals surface area contributed by atoms with E-state index in [1.54, 1.807) is 5.38 Å². The van der Waals surface area contributed by atoms with E-state index in [0.717, 1.165) is 4.88 Å². The van der Waals surface area contributed by atoms with E-state index in [0.29, 0.717) is 10.6 Å². The van der Waals surface area contributed by atoms with E-state index in [2.05, 4.69) is 17.2 Å². The number of thiophene rings is 2. The fourth-order valence-electron chi connectivity index (χ4n) is 2.02. The van der Waals surface area contributed by atoms with Gasteiger partial charge >= 0.3 is 5.97 Å². The number of carbonyl (C=O) groups is 3. The van der Waals surface area contributed by atoms with Crippen LogP contribution in [0.15, 0.2) is 35.5 Å². The minimum Gasteiger partial charge on any atom is -0.449 e. The van der Waals surface area contributed by atoms with Gasteiger partial charge in [0.15, 0.2) is 6.10 Å². The van der Waals surface area contributed by atoms with Crippen molar-refractivity contribution in [3.05, 3.63) is 41.1 Å². The van der Waals surface area contributed by atoms with Crippen LogP contribution in [0.3, 0.4) is 0 Å². The topological polar surface area (TPSA) is 84.5 Å². The first-order chi connectivity index (χ1) is 11.9. The Balaban J connectivity index is 2.27. The molecule has 2 amide bonds. The maximum absolute atomic E-state index is 12.7. The lowest BCUT2D eigenvalue weighted by atomic mass is 10.1. The third kappa shape index (κ3) is 4.77. The van der Waals surface area contributed by atoms with Gasteiger partial charge in [0.1, 0.15) is 10.6 Å². The second-order valence-corrected chi connectivity index (χ2v) is 6.92. The molecule has 0 aliphatic carbocycles. The van der Waals surface area contributed by atoms with Crippen molar-refractivity contribution in [2.45, 2.75) is 20.0 Å². The molecule has 0 saturated heterocycles. The molecule has 2 aromatic rings. The molecule has 0 aliphatic rings. The first-order valence-electron chi connectivity index (χ1n) is 7.46. The maximum Gasteiger partial charge on any atom is 0.342 e. The quantitative estimate of drug-likeness (QED) is 0.572. The highest BCUT2D eigenvalue weighted by Gasteiger charge is 2.26. The number of amides is 2. The maximum atomic E-state index is 12.7. The Morgan fingerprint density at radius 3 is 2.72 bits per heavy atom. The molecule has 0 spiro atoms. The Bertz CT molecular complexity index is 781. The molecular weight excluding hydrogens is 360 g/mol. The van der Waals surface area contributed by atoms with E-state index in [4.69, 9.17) is 4.74 Å². The average Bonchev–Trinajstić information content (AvgIpc) is 3.20. The molecule has 2 heterocycles. The summed E-state index contributed by atoms with van der Waals surface area (Å²) in [5, 5.41) is 9.30. The van der Waals surface area contributed by atoms with Crippen LogP contribution in [0.5, 0.6) is 0 Å². The lowest BCUT2D eigenvalue weighted by molar-refractivity contribution is -0.128. The minimum atomic E-state index is -0.964. The summed E-state index contributed by atoms with van der Waals surface area (Å²) in [4.78, 5) is 36.8. The predicted octanol–water partition coefficient (Wildman–Crippen LogP) is 3.28. The van der Waals surface area contributed by atoms with Crippen LogP contribution in [-0.4, -0.2) is 30.4 Å². The number of hydrogen-bond donors (Lipinski definition) is 2. The van der Waals surface area contributed by atoms with Crippen LogP contribution in [-0.2, 0) is 14.3 Å². The van der Waals surface area contributed by atoms with E-state index in [1.165, 1.54) is 42.6 Å². The summed E-state index contributed by atoms with van der Waals surface area (Å²) in [5.74, 6) is -1.36. The van der Waals surface area contributed by atoms with Crippen molar-refractivity contribution in [2.24, 2.45) is 0 Å². The summed E-state index contributed by atoms with van der Waals surface area (Å²) >= 11 is 2.71. The number of anilines is 1.